The number of rotatable bonds is 4. The maximum atomic E-state index is 8.82. The zero-order valence-electron chi connectivity index (χ0n) is 12.2. The van der Waals surface area contributed by atoms with Crippen LogP contribution in [0, 0.1) is 0 Å². The maximum Gasteiger partial charge on any atom is 0.108 e. The van der Waals surface area contributed by atoms with Crippen LogP contribution in [0.4, 0.5) is 0 Å². The van der Waals surface area contributed by atoms with Gasteiger partial charge >= 0.3 is 0 Å². The summed E-state index contributed by atoms with van der Waals surface area (Å²) >= 11 is 0. The first kappa shape index (κ1) is 20.9. The average Bonchev–Trinajstić information content (AvgIpc) is 2.37. The van der Waals surface area contributed by atoms with Crippen molar-refractivity contribution in [1.29, 1.82) is 0 Å². The van der Waals surface area contributed by atoms with Gasteiger partial charge in [-0.2, -0.15) is 0 Å². The predicted molar refractivity (Wildman–Crippen MR) is 81.3 cm³/mol. The van der Waals surface area contributed by atoms with Crippen LogP contribution >= 0.6 is 0 Å². The number of aliphatic hydroxyl groups is 1. The van der Waals surface area contributed by atoms with Crippen LogP contribution in [0.1, 0.15) is 41.5 Å². The average molecular weight is 236 g/mol. The molecule has 98 valence electrons. The van der Waals surface area contributed by atoms with Gasteiger partial charge < -0.3 is 5.11 Å². The third-order valence-electron chi connectivity index (χ3n) is 1.63. The van der Waals surface area contributed by atoms with Gasteiger partial charge in [-0.1, -0.05) is 65.2 Å². The van der Waals surface area contributed by atoms with Gasteiger partial charge in [0.05, 0.1) is 0 Å². The summed E-state index contributed by atoms with van der Waals surface area (Å²) in [7, 11) is 0. The van der Waals surface area contributed by atoms with E-state index in [2.05, 4.69) is 13.2 Å². The molecule has 0 unspecified atom stereocenters. The van der Waals surface area contributed by atoms with Crippen molar-refractivity contribution >= 4 is 0 Å². The van der Waals surface area contributed by atoms with E-state index in [-0.39, 0.29) is 5.76 Å². The van der Waals surface area contributed by atoms with Gasteiger partial charge in [0.1, 0.15) is 5.76 Å². The normalized spacial score (nSPS) is 10.9. The van der Waals surface area contributed by atoms with Crippen LogP contribution < -0.4 is 0 Å². The van der Waals surface area contributed by atoms with E-state index in [4.69, 9.17) is 5.11 Å². The van der Waals surface area contributed by atoms with Gasteiger partial charge in [-0.05, 0) is 31.1 Å². The van der Waals surface area contributed by atoms with Gasteiger partial charge in [0.2, 0.25) is 0 Å². The van der Waals surface area contributed by atoms with Crippen molar-refractivity contribution in [3.63, 3.8) is 0 Å². The monoisotopic (exact) mass is 236 g/mol. The molecule has 0 aliphatic carbocycles. The van der Waals surface area contributed by atoms with E-state index in [1.807, 2.05) is 59.8 Å². The third-order valence-corrected chi connectivity index (χ3v) is 1.63. The summed E-state index contributed by atoms with van der Waals surface area (Å²) in [6, 6.07) is 0. The van der Waals surface area contributed by atoms with E-state index in [0.29, 0.717) is 0 Å². The van der Waals surface area contributed by atoms with Crippen LogP contribution in [0.2, 0.25) is 0 Å². The van der Waals surface area contributed by atoms with Gasteiger partial charge in [-0.25, -0.2) is 0 Å². The van der Waals surface area contributed by atoms with Crippen molar-refractivity contribution in [3.05, 3.63) is 60.4 Å². The highest BCUT2D eigenvalue weighted by molar-refractivity contribution is 5.32. The molecule has 17 heavy (non-hydrogen) atoms. The summed E-state index contributed by atoms with van der Waals surface area (Å²) in [6.45, 7) is 18.9. The molecule has 0 spiro atoms. The summed E-state index contributed by atoms with van der Waals surface area (Å²) in [5.41, 5.74) is 2.23. The molecule has 0 amide bonds. The Hall–Kier alpha value is -1.50. The molecule has 0 aromatic rings. The highest BCUT2D eigenvalue weighted by atomic mass is 16.3. The minimum Gasteiger partial charge on any atom is -0.509 e. The predicted octanol–water partition coefficient (Wildman–Crippen LogP) is 5.75. The Morgan fingerprint density at radius 3 is 1.65 bits per heavy atom. The van der Waals surface area contributed by atoms with E-state index in [0.717, 1.165) is 11.1 Å². The molecule has 0 rings (SSSR count). The number of hydrogen-bond acceptors (Lipinski definition) is 1. The van der Waals surface area contributed by atoms with E-state index in [9.17, 15) is 0 Å². The van der Waals surface area contributed by atoms with Crippen molar-refractivity contribution in [2.75, 3.05) is 0 Å². The molecule has 1 heteroatoms. The maximum absolute atomic E-state index is 8.82. The lowest BCUT2D eigenvalue weighted by Crippen LogP contribution is -1.77. The molecule has 1 nitrogen and oxygen atoms in total. The molecule has 0 aliphatic rings. The second-order valence-corrected chi connectivity index (χ2v) is 2.79. The van der Waals surface area contributed by atoms with Crippen LogP contribution in [-0.2, 0) is 0 Å². The lowest BCUT2D eigenvalue weighted by Gasteiger charge is -1.96. The Morgan fingerprint density at radius 1 is 0.882 bits per heavy atom. The molecule has 0 bridgehead atoms. The first-order valence-corrected chi connectivity index (χ1v) is 6.10. The smallest absolute Gasteiger partial charge is 0.108 e. The number of aliphatic hydroxyl groups excluding tert-OH is 1. The molecule has 0 aromatic heterocycles. The minimum atomic E-state index is 0.0693. The SMILES string of the molecule is C=C\C=C/C(C)=C(C)/C=C\C(=C)O.CC.CC. The highest BCUT2D eigenvalue weighted by Crippen LogP contribution is 2.07. The first-order valence-electron chi connectivity index (χ1n) is 6.10. The standard InChI is InChI=1S/C12H16O.2C2H6/c1-5-6-7-10(2)11(3)8-9-12(4)13;2*1-2/h5-9,13H,1,4H2,2-3H3;2*1-2H3/b7-6-,9-8-,11-10+;;. The van der Waals surface area contributed by atoms with Gasteiger partial charge in [0.15, 0.2) is 0 Å². The Balaban J connectivity index is -0.000000439. The van der Waals surface area contributed by atoms with Gasteiger partial charge in [-0.15, -0.1) is 0 Å². The Labute approximate surface area is 108 Å². The zero-order chi connectivity index (χ0) is 14.3. The molecule has 0 aliphatic heterocycles. The van der Waals surface area contributed by atoms with E-state index in [1.165, 1.54) is 0 Å². The summed E-state index contributed by atoms with van der Waals surface area (Å²) in [5, 5.41) is 8.82. The summed E-state index contributed by atoms with van der Waals surface area (Å²) < 4.78 is 0. The minimum absolute atomic E-state index is 0.0693. The van der Waals surface area contributed by atoms with E-state index < -0.39 is 0 Å². The van der Waals surface area contributed by atoms with Crippen molar-refractivity contribution < 1.29 is 5.11 Å². The summed E-state index contributed by atoms with van der Waals surface area (Å²) in [6.07, 6.45) is 8.96. The van der Waals surface area contributed by atoms with Gasteiger partial charge in [-0.3, -0.25) is 0 Å². The molecule has 0 heterocycles. The van der Waals surface area contributed by atoms with Crippen molar-refractivity contribution in [2.24, 2.45) is 0 Å². The fourth-order valence-corrected chi connectivity index (χ4v) is 0.696. The van der Waals surface area contributed by atoms with Gasteiger partial charge in [0, 0.05) is 0 Å². The molecular weight excluding hydrogens is 208 g/mol. The van der Waals surface area contributed by atoms with Crippen molar-refractivity contribution in [3.8, 4) is 0 Å². The molecule has 0 saturated heterocycles. The topological polar surface area (TPSA) is 20.2 Å². The van der Waals surface area contributed by atoms with Crippen LogP contribution in [0.3, 0.4) is 0 Å². The number of hydrogen-bond donors (Lipinski definition) is 1. The molecule has 0 fully saturated rings. The molecule has 0 radical (unpaired) electrons. The molecule has 1 N–H and O–H groups in total. The zero-order valence-corrected chi connectivity index (χ0v) is 12.2. The van der Waals surface area contributed by atoms with Crippen LogP contribution in [0.5, 0.6) is 0 Å². The second-order valence-electron chi connectivity index (χ2n) is 2.79. The quantitative estimate of drug-likeness (QED) is 0.487. The lowest BCUT2D eigenvalue weighted by atomic mass is 10.1. The van der Waals surface area contributed by atoms with E-state index >= 15 is 0 Å². The fourth-order valence-electron chi connectivity index (χ4n) is 0.696. The van der Waals surface area contributed by atoms with Crippen LogP contribution in [0.25, 0.3) is 0 Å². The van der Waals surface area contributed by atoms with Crippen LogP contribution in [-0.4, -0.2) is 5.11 Å². The molecule has 0 saturated carbocycles. The largest absolute Gasteiger partial charge is 0.509 e. The molecular formula is C16H28O. The fraction of sp³-hybridized carbons (Fsp3) is 0.375. The Morgan fingerprint density at radius 2 is 1.29 bits per heavy atom. The summed E-state index contributed by atoms with van der Waals surface area (Å²) in [5.74, 6) is 0.0693. The summed E-state index contributed by atoms with van der Waals surface area (Å²) in [4.78, 5) is 0. The van der Waals surface area contributed by atoms with Crippen molar-refractivity contribution in [2.45, 2.75) is 41.5 Å². The number of allylic oxidation sites excluding steroid dienone is 7. The first-order chi connectivity index (χ1) is 8.07. The molecule has 0 atom stereocenters. The third kappa shape index (κ3) is 17.1. The van der Waals surface area contributed by atoms with Crippen molar-refractivity contribution in [1.82, 2.24) is 0 Å². The Bertz CT molecular complexity index is 278. The van der Waals surface area contributed by atoms with Gasteiger partial charge in [0.25, 0.3) is 0 Å². The van der Waals surface area contributed by atoms with Crippen LogP contribution in [0.15, 0.2) is 60.4 Å². The lowest BCUT2D eigenvalue weighted by molar-refractivity contribution is 0.435. The van der Waals surface area contributed by atoms with E-state index in [1.54, 1.807) is 12.2 Å². The second kappa shape index (κ2) is 16.9. The molecule has 0 aromatic carbocycles. The highest BCUT2D eigenvalue weighted by Gasteiger charge is 1.87. The Kier molecular flexibility index (Phi) is 20.7.